The molecular formula is C24H23N3O2. The van der Waals surface area contributed by atoms with Gasteiger partial charge in [-0.25, -0.2) is 0 Å². The number of aromatic nitrogens is 2. The van der Waals surface area contributed by atoms with Gasteiger partial charge in [0.05, 0.1) is 6.54 Å². The molecule has 0 spiro atoms. The van der Waals surface area contributed by atoms with Crippen molar-refractivity contribution in [3.05, 3.63) is 102 Å². The summed E-state index contributed by atoms with van der Waals surface area (Å²) >= 11 is 0. The van der Waals surface area contributed by atoms with Crippen LogP contribution in [0.25, 0.3) is 11.1 Å². The van der Waals surface area contributed by atoms with Gasteiger partial charge in [-0.2, -0.15) is 0 Å². The van der Waals surface area contributed by atoms with E-state index in [0.717, 1.165) is 22.6 Å². The number of rotatable bonds is 6. The van der Waals surface area contributed by atoms with Gasteiger partial charge in [-0.1, -0.05) is 24.3 Å². The van der Waals surface area contributed by atoms with Crippen molar-refractivity contribution in [2.24, 2.45) is 0 Å². The van der Waals surface area contributed by atoms with Crippen LogP contribution >= 0.6 is 0 Å². The Balaban J connectivity index is 1.63. The Kier molecular flexibility index (Phi) is 5.29. The molecule has 1 aromatic carbocycles. The molecule has 0 fully saturated rings. The maximum absolute atomic E-state index is 13.0. The summed E-state index contributed by atoms with van der Waals surface area (Å²) in [5.41, 5.74) is 5.01. The van der Waals surface area contributed by atoms with E-state index in [4.69, 9.17) is 4.42 Å². The van der Waals surface area contributed by atoms with Gasteiger partial charge >= 0.3 is 0 Å². The number of aryl methyl sites for hydroxylation is 2. The predicted octanol–water partition coefficient (Wildman–Crippen LogP) is 4.74. The third-order valence-corrected chi connectivity index (χ3v) is 4.96. The summed E-state index contributed by atoms with van der Waals surface area (Å²) in [6.07, 6.45) is 5.54. The second-order valence-corrected chi connectivity index (χ2v) is 7.10. The van der Waals surface area contributed by atoms with Crippen LogP contribution in [0.3, 0.4) is 0 Å². The standard InChI is InChI=1S/C24H23N3O2/c1-17-5-3-4-6-20(17)15-27-16-21(19-9-11-25-12-10-19)13-23(27)24(28)26-14-22-8-7-18(2)29-22/h3-13,16H,14-15H2,1-2H3,(H,26,28). The minimum absolute atomic E-state index is 0.132. The number of pyridine rings is 1. The Bertz CT molecular complexity index is 1130. The molecule has 146 valence electrons. The Morgan fingerprint density at radius 3 is 2.55 bits per heavy atom. The number of furan rings is 1. The molecule has 0 aliphatic heterocycles. The van der Waals surface area contributed by atoms with Crippen molar-refractivity contribution >= 4 is 5.91 Å². The zero-order chi connectivity index (χ0) is 20.2. The summed E-state index contributed by atoms with van der Waals surface area (Å²) in [6, 6.07) is 17.8. The number of benzene rings is 1. The van der Waals surface area contributed by atoms with Crippen LogP contribution in [-0.4, -0.2) is 15.5 Å². The van der Waals surface area contributed by atoms with Crippen LogP contribution in [0.1, 0.15) is 33.1 Å². The average molecular weight is 385 g/mol. The molecule has 3 heterocycles. The second-order valence-electron chi connectivity index (χ2n) is 7.10. The molecule has 29 heavy (non-hydrogen) atoms. The molecule has 4 rings (SSSR count). The highest BCUT2D eigenvalue weighted by molar-refractivity contribution is 5.94. The second kappa shape index (κ2) is 8.19. The number of hydrogen-bond acceptors (Lipinski definition) is 3. The number of amides is 1. The van der Waals surface area contributed by atoms with E-state index in [-0.39, 0.29) is 5.91 Å². The SMILES string of the molecule is Cc1ccc(CNC(=O)c2cc(-c3ccncc3)cn2Cc2ccccc2C)o1. The summed E-state index contributed by atoms with van der Waals surface area (Å²) in [7, 11) is 0. The highest BCUT2D eigenvalue weighted by Gasteiger charge is 2.16. The normalized spacial score (nSPS) is 10.8. The van der Waals surface area contributed by atoms with E-state index in [0.29, 0.717) is 18.8 Å². The minimum Gasteiger partial charge on any atom is -0.465 e. The molecule has 0 aliphatic carbocycles. The summed E-state index contributed by atoms with van der Waals surface area (Å²) in [5, 5.41) is 2.97. The zero-order valence-electron chi connectivity index (χ0n) is 16.6. The fourth-order valence-electron chi connectivity index (χ4n) is 3.34. The highest BCUT2D eigenvalue weighted by atomic mass is 16.3. The van der Waals surface area contributed by atoms with E-state index in [9.17, 15) is 4.79 Å². The first-order valence-corrected chi connectivity index (χ1v) is 9.59. The third kappa shape index (κ3) is 4.29. The molecule has 0 unspecified atom stereocenters. The summed E-state index contributed by atoms with van der Waals surface area (Å²) in [5.74, 6) is 1.44. The van der Waals surface area contributed by atoms with Gasteiger partial charge in [-0.3, -0.25) is 9.78 Å². The first-order valence-electron chi connectivity index (χ1n) is 9.59. The van der Waals surface area contributed by atoms with Gasteiger partial charge in [0, 0.05) is 30.7 Å². The fourth-order valence-corrected chi connectivity index (χ4v) is 3.34. The topological polar surface area (TPSA) is 60.1 Å². The summed E-state index contributed by atoms with van der Waals surface area (Å²) in [4.78, 5) is 17.1. The smallest absolute Gasteiger partial charge is 0.268 e. The number of carbonyl (C=O) groups excluding carboxylic acids is 1. The van der Waals surface area contributed by atoms with Gasteiger partial charge in [0.25, 0.3) is 5.91 Å². The lowest BCUT2D eigenvalue weighted by molar-refractivity contribution is 0.0939. The van der Waals surface area contributed by atoms with Crippen molar-refractivity contribution in [3.8, 4) is 11.1 Å². The van der Waals surface area contributed by atoms with Crippen molar-refractivity contribution in [3.63, 3.8) is 0 Å². The van der Waals surface area contributed by atoms with Crippen molar-refractivity contribution in [1.29, 1.82) is 0 Å². The summed E-state index contributed by atoms with van der Waals surface area (Å²) < 4.78 is 7.56. The first kappa shape index (κ1) is 18.7. The van der Waals surface area contributed by atoms with E-state index >= 15 is 0 Å². The Hall–Kier alpha value is -3.60. The molecule has 3 aromatic heterocycles. The fraction of sp³-hybridized carbons (Fsp3) is 0.167. The van der Waals surface area contributed by atoms with Gasteiger partial charge in [0.15, 0.2) is 0 Å². The molecule has 5 heteroatoms. The lowest BCUT2D eigenvalue weighted by Crippen LogP contribution is -2.25. The van der Waals surface area contributed by atoms with Gasteiger partial charge in [-0.05, 0) is 60.9 Å². The van der Waals surface area contributed by atoms with Gasteiger partial charge in [0.1, 0.15) is 17.2 Å². The average Bonchev–Trinajstić information content (AvgIpc) is 3.35. The number of hydrogen-bond donors (Lipinski definition) is 1. The molecule has 5 nitrogen and oxygen atoms in total. The first-order chi connectivity index (χ1) is 14.1. The Morgan fingerprint density at radius 1 is 1.03 bits per heavy atom. The van der Waals surface area contributed by atoms with E-state index in [2.05, 4.69) is 29.4 Å². The van der Waals surface area contributed by atoms with Crippen molar-refractivity contribution < 1.29 is 9.21 Å². The van der Waals surface area contributed by atoms with Crippen LogP contribution in [0.15, 0.2) is 77.6 Å². The molecular weight excluding hydrogens is 362 g/mol. The lowest BCUT2D eigenvalue weighted by Gasteiger charge is -2.11. The van der Waals surface area contributed by atoms with E-state index in [1.54, 1.807) is 12.4 Å². The minimum atomic E-state index is -0.132. The molecule has 0 bridgehead atoms. The third-order valence-electron chi connectivity index (χ3n) is 4.96. The van der Waals surface area contributed by atoms with Crippen molar-refractivity contribution in [1.82, 2.24) is 14.9 Å². The van der Waals surface area contributed by atoms with Gasteiger partial charge in [-0.15, -0.1) is 0 Å². The molecule has 0 radical (unpaired) electrons. The molecule has 0 atom stereocenters. The van der Waals surface area contributed by atoms with Gasteiger partial charge in [0.2, 0.25) is 0 Å². The molecule has 4 aromatic rings. The zero-order valence-corrected chi connectivity index (χ0v) is 16.6. The molecule has 0 saturated heterocycles. The van der Waals surface area contributed by atoms with E-state index in [1.165, 1.54) is 11.1 Å². The number of nitrogens with one attached hydrogen (secondary N) is 1. The van der Waals surface area contributed by atoms with Crippen molar-refractivity contribution in [2.75, 3.05) is 0 Å². The van der Waals surface area contributed by atoms with Crippen LogP contribution < -0.4 is 5.32 Å². The predicted molar refractivity (Wildman–Crippen MR) is 113 cm³/mol. The summed E-state index contributed by atoms with van der Waals surface area (Å²) in [6.45, 7) is 4.95. The van der Waals surface area contributed by atoms with Crippen LogP contribution in [-0.2, 0) is 13.1 Å². The Labute approximate surface area is 170 Å². The Morgan fingerprint density at radius 2 is 1.83 bits per heavy atom. The van der Waals surface area contributed by atoms with Crippen LogP contribution in [0, 0.1) is 13.8 Å². The van der Waals surface area contributed by atoms with Crippen molar-refractivity contribution in [2.45, 2.75) is 26.9 Å². The molecule has 1 N–H and O–H groups in total. The number of nitrogens with zero attached hydrogens (tertiary/aromatic N) is 2. The van der Waals surface area contributed by atoms with Crippen LogP contribution in [0.2, 0.25) is 0 Å². The van der Waals surface area contributed by atoms with E-state index in [1.807, 2.05) is 60.2 Å². The van der Waals surface area contributed by atoms with Crippen LogP contribution in [0.4, 0.5) is 0 Å². The van der Waals surface area contributed by atoms with E-state index < -0.39 is 0 Å². The quantitative estimate of drug-likeness (QED) is 0.522. The largest absolute Gasteiger partial charge is 0.465 e. The molecule has 1 amide bonds. The van der Waals surface area contributed by atoms with Gasteiger partial charge < -0.3 is 14.3 Å². The maximum atomic E-state index is 13.0. The highest BCUT2D eigenvalue weighted by Crippen LogP contribution is 2.23. The lowest BCUT2D eigenvalue weighted by atomic mass is 10.1. The molecule has 0 aliphatic rings. The molecule has 0 saturated carbocycles. The van der Waals surface area contributed by atoms with Crippen LogP contribution in [0.5, 0.6) is 0 Å². The number of carbonyl (C=O) groups is 1. The maximum Gasteiger partial charge on any atom is 0.268 e. The monoisotopic (exact) mass is 385 g/mol.